The van der Waals surface area contributed by atoms with Crippen LogP contribution in [-0.4, -0.2) is 63.3 Å². The Bertz CT molecular complexity index is 344. The number of unbranched alkanes of at least 4 members (excludes halogenated alkanes) is 1. The highest BCUT2D eigenvalue weighted by atomic mass is 127. The van der Waals surface area contributed by atoms with Crippen molar-refractivity contribution in [2.45, 2.75) is 59.4 Å². The standard InChI is InChI=1S/C19H40N4O.HI/c1-6-24-14-8-7-11-21-19(20-5)22-15-18(16(2)3)23-12-9-17(4)10-13-23;/h16-18H,6-15H2,1-5H3,(H2,20,21,22);1H. The molecule has 1 aliphatic heterocycles. The Morgan fingerprint density at radius 3 is 2.44 bits per heavy atom. The van der Waals surface area contributed by atoms with Crippen molar-refractivity contribution in [2.75, 3.05) is 46.4 Å². The molecule has 1 aliphatic rings. The number of hydrogen-bond donors (Lipinski definition) is 2. The maximum absolute atomic E-state index is 5.37. The molecule has 0 aliphatic carbocycles. The van der Waals surface area contributed by atoms with Crippen LogP contribution in [-0.2, 0) is 4.74 Å². The lowest BCUT2D eigenvalue weighted by molar-refractivity contribution is 0.110. The van der Waals surface area contributed by atoms with E-state index in [1.54, 1.807) is 0 Å². The second kappa shape index (κ2) is 15.0. The molecule has 5 nitrogen and oxygen atoms in total. The Morgan fingerprint density at radius 2 is 1.88 bits per heavy atom. The van der Waals surface area contributed by atoms with Gasteiger partial charge in [0.2, 0.25) is 0 Å². The van der Waals surface area contributed by atoms with Gasteiger partial charge in [-0.2, -0.15) is 0 Å². The maximum Gasteiger partial charge on any atom is 0.191 e. The van der Waals surface area contributed by atoms with E-state index in [1.807, 2.05) is 14.0 Å². The second-order valence-electron chi connectivity index (χ2n) is 7.31. The number of halogens is 1. The van der Waals surface area contributed by atoms with Crippen LogP contribution in [0.3, 0.4) is 0 Å². The van der Waals surface area contributed by atoms with E-state index < -0.39 is 0 Å². The number of hydrogen-bond acceptors (Lipinski definition) is 3. The smallest absolute Gasteiger partial charge is 0.191 e. The van der Waals surface area contributed by atoms with E-state index in [-0.39, 0.29) is 24.0 Å². The normalized spacial score (nSPS) is 18.1. The number of aliphatic imine (C=N–C) groups is 1. The number of nitrogens with one attached hydrogen (secondary N) is 2. The highest BCUT2D eigenvalue weighted by Crippen LogP contribution is 2.20. The van der Waals surface area contributed by atoms with Gasteiger partial charge < -0.3 is 15.4 Å². The van der Waals surface area contributed by atoms with E-state index in [1.165, 1.54) is 25.9 Å². The predicted molar refractivity (Wildman–Crippen MR) is 119 cm³/mol. The van der Waals surface area contributed by atoms with Crippen molar-refractivity contribution in [1.82, 2.24) is 15.5 Å². The van der Waals surface area contributed by atoms with Crippen LogP contribution >= 0.6 is 24.0 Å². The van der Waals surface area contributed by atoms with Gasteiger partial charge in [0.25, 0.3) is 0 Å². The average Bonchev–Trinajstić information content (AvgIpc) is 2.57. The Labute approximate surface area is 172 Å². The van der Waals surface area contributed by atoms with E-state index in [4.69, 9.17) is 4.74 Å². The molecule has 1 heterocycles. The summed E-state index contributed by atoms with van der Waals surface area (Å²) in [5.41, 5.74) is 0. The molecule has 0 aromatic rings. The van der Waals surface area contributed by atoms with Crippen molar-refractivity contribution in [3.63, 3.8) is 0 Å². The Hall–Kier alpha value is -0.0800. The lowest BCUT2D eigenvalue weighted by atomic mass is 9.94. The van der Waals surface area contributed by atoms with Crippen LogP contribution in [0.4, 0.5) is 0 Å². The van der Waals surface area contributed by atoms with Gasteiger partial charge in [-0.3, -0.25) is 9.89 Å². The monoisotopic (exact) mass is 468 g/mol. The van der Waals surface area contributed by atoms with E-state index >= 15 is 0 Å². The van der Waals surface area contributed by atoms with Crippen molar-refractivity contribution < 1.29 is 4.74 Å². The molecule has 0 spiro atoms. The summed E-state index contributed by atoms with van der Waals surface area (Å²) < 4.78 is 5.37. The lowest BCUT2D eigenvalue weighted by Gasteiger charge is -2.39. The third kappa shape index (κ3) is 10.6. The highest BCUT2D eigenvalue weighted by molar-refractivity contribution is 14.0. The topological polar surface area (TPSA) is 48.9 Å². The summed E-state index contributed by atoms with van der Waals surface area (Å²) in [5.74, 6) is 2.45. The molecule has 150 valence electrons. The van der Waals surface area contributed by atoms with Crippen molar-refractivity contribution in [3.8, 4) is 0 Å². The number of likely N-dealkylation sites (tertiary alicyclic amines) is 1. The van der Waals surface area contributed by atoms with Gasteiger partial charge in [-0.25, -0.2) is 0 Å². The molecule has 1 rings (SSSR count). The van der Waals surface area contributed by atoms with Crippen LogP contribution in [0.25, 0.3) is 0 Å². The minimum Gasteiger partial charge on any atom is -0.382 e. The van der Waals surface area contributed by atoms with Crippen LogP contribution in [0.15, 0.2) is 4.99 Å². The van der Waals surface area contributed by atoms with E-state index in [0.29, 0.717) is 12.0 Å². The number of guanidine groups is 1. The zero-order valence-corrected chi connectivity index (χ0v) is 19.3. The minimum absolute atomic E-state index is 0. The van der Waals surface area contributed by atoms with Gasteiger partial charge in [-0.05, 0) is 57.5 Å². The maximum atomic E-state index is 5.37. The first-order valence-corrected chi connectivity index (χ1v) is 9.84. The van der Waals surface area contributed by atoms with Crippen molar-refractivity contribution >= 4 is 29.9 Å². The van der Waals surface area contributed by atoms with Gasteiger partial charge >= 0.3 is 0 Å². The largest absolute Gasteiger partial charge is 0.382 e. The molecule has 1 saturated heterocycles. The second-order valence-corrected chi connectivity index (χ2v) is 7.31. The molecule has 25 heavy (non-hydrogen) atoms. The summed E-state index contributed by atoms with van der Waals surface area (Å²) in [6.45, 7) is 15.1. The zero-order chi connectivity index (χ0) is 17.8. The molecule has 0 saturated carbocycles. The van der Waals surface area contributed by atoms with Crippen molar-refractivity contribution in [1.29, 1.82) is 0 Å². The fourth-order valence-corrected chi connectivity index (χ4v) is 3.25. The van der Waals surface area contributed by atoms with E-state index in [2.05, 4.69) is 41.3 Å². The van der Waals surface area contributed by atoms with Crippen molar-refractivity contribution in [2.24, 2.45) is 16.8 Å². The van der Waals surface area contributed by atoms with Crippen LogP contribution in [0.2, 0.25) is 0 Å². The number of rotatable bonds is 10. The Balaban J connectivity index is 0.00000576. The first-order valence-electron chi connectivity index (χ1n) is 9.84. The van der Waals surface area contributed by atoms with Crippen LogP contribution in [0.1, 0.15) is 53.4 Å². The van der Waals surface area contributed by atoms with E-state index in [0.717, 1.165) is 51.0 Å². The lowest BCUT2D eigenvalue weighted by Crippen LogP contribution is -2.51. The van der Waals surface area contributed by atoms with Crippen molar-refractivity contribution in [3.05, 3.63) is 0 Å². The van der Waals surface area contributed by atoms with Crippen LogP contribution in [0.5, 0.6) is 0 Å². The Kier molecular flexibility index (Phi) is 15.0. The molecule has 1 fully saturated rings. The molecule has 0 aromatic carbocycles. The third-order valence-corrected chi connectivity index (χ3v) is 4.97. The first kappa shape index (κ1) is 24.9. The average molecular weight is 468 g/mol. The molecule has 0 aromatic heterocycles. The Morgan fingerprint density at radius 1 is 1.20 bits per heavy atom. The molecular formula is C19H41IN4O. The molecule has 6 heteroatoms. The number of piperidine rings is 1. The highest BCUT2D eigenvalue weighted by Gasteiger charge is 2.25. The first-order chi connectivity index (χ1) is 11.6. The minimum atomic E-state index is 0. The molecule has 0 bridgehead atoms. The summed E-state index contributed by atoms with van der Waals surface area (Å²) in [6, 6.07) is 0.578. The number of ether oxygens (including phenoxy) is 1. The SMILES string of the molecule is CCOCCCCNC(=NC)NCC(C(C)C)N1CCC(C)CC1.I. The molecule has 0 radical (unpaired) electrons. The number of nitrogens with zero attached hydrogens (tertiary/aromatic N) is 2. The van der Waals surface area contributed by atoms with E-state index in [9.17, 15) is 0 Å². The molecule has 1 atom stereocenters. The summed E-state index contributed by atoms with van der Waals surface area (Å²) in [6.07, 6.45) is 4.86. The summed E-state index contributed by atoms with van der Waals surface area (Å²) in [7, 11) is 1.85. The predicted octanol–water partition coefficient (Wildman–Crippen LogP) is 3.34. The molecule has 0 amide bonds. The molecule has 2 N–H and O–H groups in total. The van der Waals surface area contributed by atoms with Crippen LogP contribution < -0.4 is 10.6 Å². The van der Waals surface area contributed by atoms with Gasteiger partial charge in [-0.15, -0.1) is 24.0 Å². The molecule has 1 unspecified atom stereocenters. The summed E-state index contributed by atoms with van der Waals surface area (Å²) in [4.78, 5) is 7.01. The van der Waals surface area contributed by atoms with Gasteiger partial charge in [0.1, 0.15) is 0 Å². The summed E-state index contributed by atoms with van der Waals surface area (Å²) in [5, 5.41) is 6.94. The van der Waals surface area contributed by atoms with Gasteiger partial charge in [0, 0.05) is 39.4 Å². The zero-order valence-electron chi connectivity index (χ0n) is 17.0. The fourth-order valence-electron chi connectivity index (χ4n) is 3.25. The van der Waals surface area contributed by atoms with Gasteiger partial charge in [0.05, 0.1) is 0 Å². The van der Waals surface area contributed by atoms with Gasteiger partial charge in [0.15, 0.2) is 5.96 Å². The van der Waals surface area contributed by atoms with Crippen LogP contribution in [0, 0.1) is 11.8 Å². The summed E-state index contributed by atoms with van der Waals surface area (Å²) >= 11 is 0. The fraction of sp³-hybridized carbons (Fsp3) is 0.947. The molecular weight excluding hydrogens is 427 g/mol. The van der Waals surface area contributed by atoms with Gasteiger partial charge in [-0.1, -0.05) is 20.8 Å². The third-order valence-electron chi connectivity index (χ3n) is 4.97. The quantitative estimate of drug-likeness (QED) is 0.224.